The average molecular weight is 277 g/mol. The van der Waals surface area contributed by atoms with Crippen molar-refractivity contribution < 1.29 is 0 Å². The second kappa shape index (κ2) is 7.64. The first kappa shape index (κ1) is 14.5. The van der Waals surface area contributed by atoms with E-state index in [1.165, 1.54) is 0 Å². The van der Waals surface area contributed by atoms with Gasteiger partial charge in [0.25, 0.3) is 0 Å². The van der Waals surface area contributed by atoms with E-state index in [1.807, 2.05) is 13.1 Å². The Morgan fingerprint density at radius 1 is 1.25 bits per heavy atom. The summed E-state index contributed by atoms with van der Waals surface area (Å²) in [5.41, 5.74) is 0. The van der Waals surface area contributed by atoms with Crippen LogP contribution in [0.5, 0.6) is 0 Å². The molecule has 1 aliphatic heterocycles. The summed E-state index contributed by atoms with van der Waals surface area (Å²) in [6.07, 6.45) is 3.59. The van der Waals surface area contributed by atoms with E-state index >= 15 is 0 Å². The molecule has 1 aliphatic rings. The average Bonchev–Trinajstić information content (AvgIpc) is 2.53. The van der Waals surface area contributed by atoms with Gasteiger partial charge in [-0.05, 0) is 6.07 Å². The fourth-order valence-electron chi connectivity index (χ4n) is 2.24. The maximum atomic E-state index is 4.29. The smallest absolute Gasteiger partial charge is 0.225 e. The van der Waals surface area contributed by atoms with Crippen molar-refractivity contribution in [3.8, 4) is 0 Å². The highest BCUT2D eigenvalue weighted by molar-refractivity contribution is 5.79. The standard InChI is InChI=1S/C13H23N7/c1-14-12(15-2)16-6-7-19-8-10-20(11-9-19)13-17-4-3-5-18-13/h3-5H,6-11H2,1-2H3,(H2,14,15,16). The summed E-state index contributed by atoms with van der Waals surface area (Å²) in [6.45, 7) is 5.95. The van der Waals surface area contributed by atoms with Crippen molar-refractivity contribution in [1.29, 1.82) is 0 Å². The maximum Gasteiger partial charge on any atom is 0.225 e. The molecular formula is C13H23N7. The van der Waals surface area contributed by atoms with Crippen LogP contribution < -0.4 is 15.5 Å². The molecule has 0 atom stereocenters. The molecule has 0 amide bonds. The Balaban J connectivity index is 1.70. The highest BCUT2D eigenvalue weighted by atomic mass is 15.3. The molecule has 0 radical (unpaired) electrons. The Labute approximate surface area is 120 Å². The number of aliphatic imine (C=N–C) groups is 1. The van der Waals surface area contributed by atoms with Crippen LogP contribution >= 0.6 is 0 Å². The van der Waals surface area contributed by atoms with Gasteiger partial charge >= 0.3 is 0 Å². The highest BCUT2D eigenvalue weighted by Gasteiger charge is 2.18. The number of hydrogen-bond donors (Lipinski definition) is 2. The Hall–Kier alpha value is -1.89. The Morgan fingerprint density at radius 2 is 1.95 bits per heavy atom. The molecule has 20 heavy (non-hydrogen) atoms. The van der Waals surface area contributed by atoms with Gasteiger partial charge in [-0.3, -0.25) is 9.89 Å². The zero-order valence-corrected chi connectivity index (χ0v) is 12.2. The summed E-state index contributed by atoms with van der Waals surface area (Å²) in [5.74, 6) is 1.67. The number of piperazine rings is 1. The van der Waals surface area contributed by atoms with E-state index in [2.05, 4.69) is 35.4 Å². The molecule has 0 aliphatic carbocycles. The Bertz CT molecular complexity index is 412. The van der Waals surface area contributed by atoms with E-state index in [-0.39, 0.29) is 0 Å². The van der Waals surface area contributed by atoms with E-state index in [0.717, 1.165) is 51.2 Å². The first-order chi connectivity index (χ1) is 9.83. The summed E-state index contributed by atoms with van der Waals surface area (Å²) < 4.78 is 0. The van der Waals surface area contributed by atoms with E-state index in [9.17, 15) is 0 Å². The summed E-state index contributed by atoms with van der Waals surface area (Å²) in [4.78, 5) is 17.4. The van der Waals surface area contributed by atoms with Crippen molar-refractivity contribution in [3.63, 3.8) is 0 Å². The molecule has 1 aromatic heterocycles. The second-order valence-electron chi connectivity index (χ2n) is 4.63. The molecule has 0 spiro atoms. The van der Waals surface area contributed by atoms with E-state index in [4.69, 9.17) is 0 Å². The molecule has 7 nitrogen and oxygen atoms in total. The van der Waals surface area contributed by atoms with Crippen LogP contribution in [0.3, 0.4) is 0 Å². The normalized spacial score (nSPS) is 17.1. The molecular weight excluding hydrogens is 254 g/mol. The number of aromatic nitrogens is 2. The van der Waals surface area contributed by atoms with Crippen LogP contribution in [0.1, 0.15) is 0 Å². The third kappa shape index (κ3) is 4.06. The predicted octanol–water partition coefficient (Wildman–Crippen LogP) is -0.607. The molecule has 0 aromatic carbocycles. The van der Waals surface area contributed by atoms with Gasteiger partial charge in [0.1, 0.15) is 0 Å². The first-order valence-corrected chi connectivity index (χ1v) is 6.96. The Kier molecular flexibility index (Phi) is 5.55. The lowest BCUT2D eigenvalue weighted by molar-refractivity contribution is 0.260. The molecule has 2 heterocycles. The lowest BCUT2D eigenvalue weighted by atomic mass is 10.3. The molecule has 0 unspecified atom stereocenters. The molecule has 0 saturated carbocycles. The molecule has 7 heteroatoms. The van der Waals surface area contributed by atoms with Gasteiger partial charge in [0.15, 0.2) is 5.96 Å². The number of hydrogen-bond acceptors (Lipinski definition) is 5. The quantitative estimate of drug-likeness (QED) is 0.565. The minimum atomic E-state index is 0.834. The van der Waals surface area contributed by atoms with Crippen molar-refractivity contribution >= 4 is 11.9 Å². The SMILES string of the molecule is CN=C(NC)NCCN1CCN(c2ncccn2)CC1. The van der Waals surface area contributed by atoms with Gasteiger partial charge in [-0.25, -0.2) is 9.97 Å². The summed E-state index contributed by atoms with van der Waals surface area (Å²) in [7, 11) is 3.64. The number of nitrogens with one attached hydrogen (secondary N) is 2. The predicted molar refractivity (Wildman–Crippen MR) is 81.1 cm³/mol. The number of rotatable bonds is 4. The second-order valence-corrected chi connectivity index (χ2v) is 4.63. The first-order valence-electron chi connectivity index (χ1n) is 6.96. The van der Waals surface area contributed by atoms with Crippen LogP contribution in [0.25, 0.3) is 0 Å². The molecule has 110 valence electrons. The van der Waals surface area contributed by atoms with E-state index in [0.29, 0.717) is 0 Å². The minimum absolute atomic E-state index is 0.834. The third-order valence-corrected chi connectivity index (χ3v) is 3.39. The molecule has 0 bridgehead atoms. The largest absolute Gasteiger partial charge is 0.359 e. The van der Waals surface area contributed by atoms with E-state index in [1.54, 1.807) is 19.4 Å². The van der Waals surface area contributed by atoms with Crippen molar-refractivity contribution in [1.82, 2.24) is 25.5 Å². The van der Waals surface area contributed by atoms with E-state index < -0.39 is 0 Å². The lowest BCUT2D eigenvalue weighted by Gasteiger charge is -2.34. The van der Waals surface area contributed by atoms with Crippen molar-refractivity contribution in [2.24, 2.45) is 4.99 Å². The summed E-state index contributed by atoms with van der Waals surface area (Å²) in [5, 5.41) is 6.28. The number of guanidine groups is 1. The van der Waals surface area contributed by atoms with Crippen LogP contribution in [0.2, 0.25) is 0 Å². The van der Waals surface area contributed by atoms with Crippen LogP contribution in [-0.2, 0) is 0 Å². The summed E-state index contributed by atoms with van der Waals surface area (Å²) in [6, 6.07) is 1.85. The highest BCUT2D eigenvalue weighted by Crippen LogP contribution is 2.08. The van der Waals surface area contributed by atoms with Crippen LogP contribution in [-0.4, -0.2) is 74.2 Å². The van der Waals surface area contributed by atoms with Crippen molar-refractivity contribution in [2.45, 2.75) is 0 Å². The number of nitrogens with zero attached hydrogens (tertiary/aromatic N) is 5. The zero-order valence-electron chi connectivity index (χ0n) is 12.2. The van der Waals surface area contributed by atoms with Crippen LogP contribution in [0.15, 0.2) is 23.5 Å². The molecule has 1 aromatic rings. The zero-order chi connectivity index (χ0) is 14.2. The van der Waals surface area contributed by atoms with Crippen molar-refractivity contribution in [3.05, 3.63) is 18.5 Å². The van der Waals surface area contributed by atoms with Gasteiger partial charge in [-0.1, -0.05) is 0 Å². The van der Waals surface area contributed by atoms with Crippen LogP contribution in [0.4, 0.5) is 5.95 Å². The topological polar surface area (TPSA) is 68.7 Å². The molecule has 2 rings (SSSR count). The fourth-order valence-corrected chi connectivity index (χ4v) is 2.24. The van der Waals surface area contributed by atoms with Gasteiger partial charge in [0, 0.05) is 65.8 Å². The van der Waals surface area contributed by atoms with Crippen LogP contribution in [0, 0.1) is 0 Å². The van der Waals surface area contributed by atoms with Gasteiger partial charge < -0.3 is 15.5 Å². The monoisotopic (exact) mass is 277 g/mol. The van der Waals surface area contributed by atoms with Crippen molar-refractivity contribution in [2.75, 3.05) is 58.3 Å². The van der Waals surface area contributed by atoms with Gasteiger partial charge in [0.05, 0.1) is 0 Å². The third-order valence-electron chi connectivity index (χ3n) is 3.39. The molecule has 1 saturated heterocycles. The van der Waals surface area contributed by atoms with Gasteiger partial charge in [0.2, 0.25) is 5.95 Å². The lowest BCUT2D eigenvalue weighted by Crippen LogP contribution is -2.49. The molecule has 2 N–H and O–H groups in total. The number of anilines is 1. The minimum Gasteiger partial charge on any atom is -0.359 e. The fraction of sp³-hybridized carbons (Fsp3) is 0.615. The summed E-state index contributed by atoms with van der Waals surface area (Å²) >= 11 is 0. The maximum absolute atomic E-state index is 4.29. The van der Waals surface area contributed by atoms with Gasteiger partial charge in [-0.15, -0.1) is 0 Å². The Morgan fingerprint density at radius 3 is 2.55 bits per heavy atom. The molecule has 1 fully saturated rings. The van der Waals surface area contributed by atoms with Gasteiger partial charge in [-0.2, -0.15) is 0 Å².